The van der Waals surface area contributed by atoms with Crippen molar-refractivity contribution < 1.29 is 13.2 Å². The molecule has 0 saturated heterocycles. The van der Waals surface area contributed by atoms with Crippen LogP contribution < -0.4 is 5.32 Å². The zero-order valence-corrected chi connectivity index (χ0v) is 15.5. The van der Waals surface area contributed by atoms with Crippen molar-refractivity contribution in [2.45, 2.75) is 18.2 Å². The third kappa shape index (κ3) is 4.20. The van der Waals surface area contributed by atoms with Gasteiger partial charge in [0.25, 0.3) is 5.91 Å². The molecule has 3 rings (SSSR count). The van der Waals surface area contributed by atoms with Crippen molar-refractivity contribution >= 4 is 15.9 Å². The first-order chi connectivity index (χ1) is 12.5. The van der Waals surface area contributed by atoms with E-state index in [1.807, 2.05) is 31.2 Å². The van der Waals surface area contributed by atoms with Crippen LogP contribution in [0.2, 0.25) is 0 Å². The maximum Gasteiger partial charge on any atom is 0.251 e. The largest absolute Gasteiger partial charge is 0.348 e. The number of amides is 1. The standard InChI is InChI=1S/C20H22N2O3S/c1-16-7-9-19(10-8-16)26(24,25)22-13-11-17(12-14-22)15-21-20(23)18-5-3-2-4-6-18/h2-11H,12-15H2,1H3,(H,21,23). The van der Waals surface area contributed by atoms with E-state index in [0.717, 1.165) is 11.1 Å². The van der Waals surface area contributed by atoms with E-state index in [1.54, 1.807) is 36.4 Å². The van der Waals surface area contributed by atoms with E-state index in [2.05, 4.69) is 5.32 Å². The van der Waals surface area contributed by atoms with Gasteiger partial charge >= 0.3 is 0 Å². The summed E-state index contributed by atoms with van der Waals surface area (Å²) in [6.07, 6.45) is 2.50. The van der Waals surface area contributed by atoms with Gasteiger partial charge in [-0.2, -0.15) is 4.31 Å². The van der Waals surface area contributed by atoms with E-state index < -0.39 is 10.0 Å². The normalized spacial score (nSPS) is 15.3. The van der Waals surface area contributed by atoms with Gasteiger partial charge in [0.2, 0.25) is 10.0 Å². The van der Waals surface area contributed by atoms with Gasteiger partial charge in [-0.1, -0.05) is 47.5 Å². The highest BCUT2D eigenvalue weighted by molar-refractivity contribution is 7.89. The summed E-state index contributed by atoms with van der Waals surface area (Å²) in [7, 11) is -3.48. The van der Waals surface area contributed by atoms with Gasteiger partial charge in [0.1, 0.15) is 0 Å². The van der Waals surface area contributed by atoms with Gasteiger partial charge in [0.05, 0.1) is 4.90 Å². The van der Waals surface area contributed by atoms with Crippen molar-refractivity contribution in [1.29, 1.82) is 0 Å². The molecule has 0 fully saturated rings. The Kier molecular flexibility index (Phi) is 5.54. The fourth-order valence-electron chi connectivity index (χ4n) is 2.82. The van der Waals surface area contributed by atoms with Gasteiger partial charge < -0.3 is 5.32 Å². The molecule has 0 unspecified atom stereocenters. The van der Waals surface area contributed by atoms with E-state index in [0.29, 0.717) is 36.5 Å². The second-order valence-electron chi connectivity index (χ2n) is 6.34. The molecule has 0 aliphatic carbocycles. The third-order valence-corrected chi connectivity index (χ3v) is 6.32. The monoisotopic (exact) mass is 370 g/mol. The number of carbonyl (C=O) groups is 1. The zero-order valence-electron chi connectivity index (χ0n) is 14.7. The highest BCUT2D eigenvalue weighted by atomic mass is 32.2. The molecule has 0 radical (unpaired) electrons. The summed E-state index contributed by atoms with van der Waals surface area (Å²) in [6, 6.07) is 15.9. The number of rotatable bonds is 5. The number of aryl methyl sites for hydroxylation is 1. The molecule has 1 aliphatic heterocycles. The van der Waals surface area contributed by atoms with Crippen LogP contribution in [-0.2, 0) is 10.0 Å². The number of hydrogen-bond donors (Lipinski definition) is 1. The smallest absolute Gasteiger partial charge is 0.251 e. The molecule has 6 heteroatoms. The SMILES string of the molecule is Cc1ccc(S(=O)(=O)N2CC=C(CNC(=O)c3ccccc3)CC2)cc1. The fourth-order valence-corrected chi connectivity index (χ4v) is 4.20. The molecular formula is C20H22N2O3S. The minimum atomic E-state index is -3.48. The van der Waals surface area contributed by atoms with E-state index in [1.165, 1.54) is 4.31 Å². The van der Waals surface area contributed by atoms with Crippen LogP contribution in [0.25, 0.3) is 0 Å². The lowest BCUT2D eigenvalue weighted by atomic mass is 10.1. The highest BCUT2D eigenvalue weighted by Gasteiger charge is 2.25. The molecule has 1 heterocycles. The second-order valence-corrected chi connectivity index (χ2v) is 8.28. The van der Waals surface area contributed by atoms with Crippen molar-refractivity contribution in [2.75, 3.05) is 19.6 Å². The number of benzene rings is 2. The lowest BCUT2D eigenvalue weighted by Crippen LogP contribution is -2.36. The molecule has 136 valence electrons. The number of carbonyl (C=O) groups excluding carboxylic acids is 1. The first-order valence-corrected chi connectivity index (χ1v) is 9.99. The Hall–Kier alpha value is -2.44. The molecule has 0 saturated carbocycles. The number of hydrogen-bond acceptors (Lipinski definition) is 3. The fraction of sp³-hybridized carbons (Fsp3) is 0.250. The molecule has 5 nitrogen and oxygen atoms in total. The molecular weight excluding hydrogens is 348 g/mol. The van der Waals surface area contributed by atoms with Crippen LogP contribution >= 0.6 is 0 Å². The minimum absolute atomic E-state index is 0.124. The van der Waals surface area contributed by atoms with Crippen LogP contribution in [0, 0.1) is 6.92 Å². The highest BCUT2D eigenvalue weighted by Crippen LogP contribution is 2.20. The third-order valence-electron chi connectivity index (χ3n) is 4.44. The summed E-state index contributed by atoms with van der Waals surface area (Å²) in [4.78, 5) is 12.4. The molecule has 1 N–H and O–H groups in total. The van der Waals surface area contributed by atoms with Crippen molar-refractivity contribution in [3.8, 4) is 0 Å². The quantitative estimate of drug-likeness (QED) is 0.823. The molecule has 0 atom stereocenters. The summed E-state index contributed by atoms with van der Waals surface area (Å²) in [5.74, 6) is -0.124. The Labute approximate surface area is 154 Å². The van der Waals surface area contributed by atoms with Crippen LogP contribution in [0.15, 0.2) is 71.1 Å². The first-order valence-electron chi connectivity index (χ1n) is 8.55. The Morgan fingerprint density at radius 3 is 2.38 bits per heavy atom. The lowest BCUT2D eigenvalue weighted by molar-refractivity contribution is 0.0956. The maximum atomic E-state index is 12.7. The molecule has 2 aromatic rings. The van der Waals surface area contributed by atoms with Gasteiger partial charge in [0, 0.05) is 25.2 Å². The predicted molar refractivity (Wildman–Crippen MR) is 101 cm³/mol. The van der Waals surface area contributed by atoms with Crippen molar-refractivity contribution in [3.63, 3.8) is 0 Å². The van der Waals surface area contributed by atoms with Crippen LogP contribution in [0.3, 0.4) is 0 Å². The van der Waals surface area contributed by atoms with Crippen molar-refractivity contribution in [2.24, 2.45) is 0 Å². The first kappa shape index (κ1) is 18.4. The lowest BCUT2D eigenvalue weighted by Gasteiger charge is -2.26. The van der Waals surface area contributed by atoms with Gasteiger partial charge in [-0.3, -0.25) is 4.79 Å². The minimum Gasteiger partial charge on any atom is -0.348 e. The van der Waals surface area contributed by atoms with Crippen LogP contribution in [0.5, 0.6) is 0 Å². The van der Waals surface area contributed by atoms with Crippen molar-refractivity contribution in [1.82, 2.24) is 9.62 Å². The zero-order chi connectivity index (χ0) is 18.6. The van der Waals surface area contributed by atoms with Crippen LogP contribution in [-0.4, -0.2) is 38.3 Å². The van der Waals surface area contributed by atoms with Crippen LogP contribution in [0.4, 0.5) is 0 Å². The van der Waals surface area contributed by atoms with E-state index in [-0.39, 0.29) is 5.91 Å². The van der Waals surface area contributed by atoms with E-state index >= 15 is 0 Å². The van der Waals surface area contributed by atoms with Gasteiger partial charge in [-0.05, 0) is 37.6 Å². The molecule has 0 spiro atoms. The van der Waals surface area contributed by atoms with E-state index in [9.17, 15) is 13.2 Å². The van der Waals surface area contributed by atoms with Gasteiger partial charge in [0.15, 0.2) is 0 Å². The summed E-state index contributed by atoms with van der Waals surface area (Å²) in [5, 5.41) is 2.88. The average Bonchev–Trinajstić information content (AvgIpc) is 2.67. The second kappa shape index (κ2) is 7.85. The number of sulfonamides is 1. The Balaban J connectivity index is 1.59. The van der Waals surface area contributed by atoms with Gasteiger partial charge in [-0.25, -0.2) is 8.42 Å². The maximum absolute atomic E-state index is 12.7. The van der Waals surface area contributed by atoms with E-state index in [4.69, 9.17) is 0 Å². The number of nitrogens with zero attached hydrogens (tertiary/aromatic N) is 1. The van der Waals surface area contributed by atoms with Crippen LogP contribution in [0.1, 0.15) is 22.3 Å². The molecule has 1 aliphatic rings. The molecule has 26 heavy (non-hydrogen) atoms. The topological polar surface area (TPSA) is 66.5 Å². The molecule has 0 bridgehead atoms. The Bertz CT molecular complexity index is 904. The molecule has 2 aromatic carbocycles. The summed E-state index contributed by atoms with van der Waals surface area (Å²) in [5.41, 5.74) is 2.69. The molecule has 0 aromatic heterocycles. The average molecular weight is 370 g/mol. The molecule has 1 amide bonds. The Morgan fingerprint density at radius 1 is 1.08 bits per heavy atom. The summed E-state index contributed by atoms with van der Waals surface area (Å²) in [6.45, 7) is 3.11. The van der Waals surface area contributed by atoms with Crippen molar-refractivity contribution in [3.05, 3.63) is 77.4 Å². The summed E-state index contributed by atoms with van der Waals surface area (Å²) < 4.78 is 26.8. The summed E-state index contributed by atoms with van der Waals surface area (Å²) >= 11 is 0. The van der Waals surface area contributed by atoms with Gasteiger partial charge in [-0.15, -0.1) is 0 Å². The number of nitrogens with one attached hydrogen (secondary N) is 1. The predicted octanol–water partition coefficient (Wildman–Crippen LogP) is 2.75. The Morgan fingerprint density at radius 2 is 1.77 bits per heavy atom.